The van der Waals surface area contributed by atoms with Gasteiger partial charge < -0.3 is 10.6 Å². The number of nitrogens with two attached hydrogens (primary N) is 1. The van der Waals surface area contributed by atoms with E-state index in [-0.39, 0.29) is 24.5 Å². The molecule has 0 radical (unpaired) electrons. The summed E-state index contributed by atoms with van der Waals surface area (Å²) in [4.78, 5) is 24.4. The molecule has 0 saturated heterocycles. The number of carbonyl (C=O) groups is 2. The Kier molecular flexibility index (Phi) is 4.05. The lowest BCUT2D eigenvalue weighted by atomic mass is 10.1. The van der Waals surface area contributed by atoms with E-state index in [1.165, 1.54) is 4.90 Å². The van der Waals surface area contributed by atoms with Crippen molar-refractivity contribution < 1.29 is 9.59 Å². The first kappa shape index (κ1) is 12.2. The molecule has 0 unspecified atom stereocenters. The molecular formula is C12H16N2O2. The first-order chi connectivity index (χ1) is 7.50. The van der Waals surface area contributed by atoms with Crippen molar-refractivity contribution in [2.45, 2.75) is 12.8 Å². The minimum absolute atomic E-state index is 0.0322. The molecule has 0 fully saturated rings. The summed E-state index contributed by atoms with van der Waals surface area (Å²) in [6, 6.07) is 6.72. The minimum atomic E-state index is -0.0382. The van der Waals surface area contributed by atoms with E-state index >= 15 is 0 Å². The third kappa shape index (κ3) is 3.38. The van der Waals surface area contributed by atoms with Crippen molar-refractivity contribution in [3.8, 4) is 0 Å². The summed E-state index contributed by atoms with van der Waals surface area (Å²) < 4.78 is 0. The Bertz CT molecular complexity index is 383. The average molecular weight is 220 g/mol. The molecule has 0 heterocycles. The van der Waals surface area contributed by atoms with Crippen molar-refractivity contribution in [2.75, 3.05) is 19.8 Å². The van der Waals surface area contributed by atoms with Gasteiger partial charge >= 0.3 is 0 Å². The minimum Gasteiger partial charge on any atom is -0.399 e. The van der Waals surface area contributed by atoms with Gasteiger partial charge in [0.1, 0.15) is 0 Å². The molecule has 86 valence electrons. The van der Waals surface area contributed by atoms with E-state index in [0.29, 0.717) is 11.3 Å². The molecule has 0 aliphatic rings. The zero-order valence-corrected chi connectivity index (χ0v) is 9.56. The van der Waals surface area contributed by atoms with Gasteiger partial charge in [0.15, 0.2) is 5.78 Å². The molecule has 0 aliphatic heterocycles. The highest BCUT2D eigenvalue weighted by Gasteiger charge is 2.10. The Morgan fingerprint density at radius 3 is 2.19 bits per heavy atom. The van der Waals surface area contributed by atoms with Gasteiger partial charge in [-0.15, -0.1) is 0 Å². The maximum atomic E-state index is 11.7. The van der Waals surface area contributed by atoms with E-state index in [4.69, 9.17) is 5.73 Å². The second kappa shape index (κ2) is 5.30. The van der Waals surface area contributed by atoms with Gasteiger partial charge in [0, 0.05) is 38.2 Å². The monoisotopic (exact) mass is 220 g/mol. The smallest absolute Gasteiger partial charge is 0.222 e. The van der Waals surface area contributed by atoms with Crippen molar-refractivity contribution in [1.82, 2.24) is 4.90 Å². The fraction of sp³-hybridized carbons (Fsp3) is 0.333. The quantitative estimate of drug-likeness (QED) is 0.615. The van der Waals surface area contributed by atoms with Crippen molar-refractivity contribution in [2.24, 2.45) is 0 Å². The van der Waals surface area contributed by atoms with Crippen LogP contribution < -0.4 is 5.73 Å². The molecule has 0 saturated carbocycles. The first-order valence-electron chi connectivity index (χ1n) is 5.09. The predicted molar refractivity (Wildman–Crippen MR) is 63.1 cm³/mol. The van der Waals surface area contributed by atoms with E-state index in [9.17, 15) is 9.59 Å². The molecule has 4 nitrogen and oxygen atoms in total. The van der Waals surface area contributed by atoms with Crippen LogP contribution in [0.25, 0.3) is 0 Å². The number of ketones is 1. The second-order valence-electron chi connectivity index (χ2n) is 3.83. The number of anilines is 1. The van der Waals surface area contributed by atoms with E-state index in [2.05, 4.69) is 0 Å². The molecule has 0 aromatic heterocycles. The fourth-order valence-corrected chi connectivity index (χ4v) is 1.26. The Morgan fingerprint density at radius 1 is 1.12 bits per heavy atom. The Morgan fingerprint density at radius 2 is 1.69 bits per heavy atom. The molecule has 16 heavy (non-hydrogen) atoms. The van der Waals surface area contributed by atoms with Gasteiger partial charge in [0.05, 0.1) is 0 Å². The summed E-state index contributed by atoms with van der Waals surface area (Å²) in [5, 5.41) is 0. The number of carbonyl (C=O) groups excluding carboxylic acids is 2. The zero-order valence-electron chi connectivity index (χ0n) is 9.56. The Labute approximate surface area is 95.0 Å². The van der Waals surface area contributed by atoms with Crippen molar-refractivity contribution in [3.05, 3.63) is 29.8 Å². The number of hydrogen-bond donors (Lipinski definition) is 1. The standard InChI is InChI=1S/C12H16N2O2/c1-14(2)12(16)8-7-11(15)9-3-5-10(13)6-4-9/h3-6H,7-8,13H2,1-2H3. The van der Waals surface area contributed by atoms with Crippen LogP contribution in [0.5, 0.6) is 0 Å². The van der Waals surface area contributed by atoms with Crippen LogP contribution in [-0.4, -0.2) is 30.7 Å². The van der Waals surface area contributed by atoms with Crippen LogP contribution in [0, 0.1) is 0 Å². The summed E-state index contributed by atoms with van der Waals surface area (Å²) in [6.07, 6.45) is 0.483. The normalized spacial score (nSPS) is 9.88. The van der Waals surface area contributed by atoms with Crippen molar-refractivity contribution in [3.63, 3.8) is 0 Å². The van der Waals surface area contributed by atoms with Crippen molar-refractivity contribution in [1.29, 1.82) is 0 Å². The number of hydrogen-bond acceptors (Lipinski definition) is 3. The van der Waals surface area contributed by atoms with E-state index in [1.54, 1.807) is 38.4 Å². The van der Waals surface area contributed by atoms with E-state index in [0.717, 1.165) is 0 Å². The average Bonchev–Trinajstić information content (AvgIpc) is 2.26. The Balaban J connectivity index is 2.53. The third-order valence-electron chi connectivity index (χ3n) is 2.30. The summed E-state index contributed by atoms with van der Waals surface area (Å²) in [5.41, 5.74) is 6.74. The van der Waals surface area contributed by atoms with Gasteiger partial charge in [0.25, 0.3) is 0 Å². The summed E-state index contributed by atoms with van der Waals surface area (Å²) in [7, 11) is 3.35. The molecule has 4 heteroatoms. The SMILES string of the molecule is CN(C)C(=O)CCC(=O)c1ccc(N)cc1. The first-order valence-corrected chi connectivity index (χ1v) is 5.09. The van der Waals surface area contributed by atoms with Gasteiger partial charge in [-0.1, -0.05) is 0 Å². The maximum absolute atomic E-state index is 11.7. The van der Waals surface area contributed by atoms with Crippen LogP contribution in [-0.2, 0) is 4.79 Å². The molecular weight excluding hydrogens is 204 g/mol. The van der Waals surface area contributed by atoms with Gasteiger partial charge in [0.2, 0.25) is 5.91 Å². The highest BCUT2D eigenvalue weighted by atomic mass is 16.2. The van der Waals surface area contributed by atoms with Gasteiger partial charge in [-0.3, -0.25) is 9.59 Å². The molecule has 0 bridgehead atoms. The molecule has 0 spiro atoms. The fourth-order valence-electron chi connectivity index (χ4n) is 1.26. The molecule has 0 aliphatic carbocycles. The van der Waals surface area contributed by atoms with Crippen LogP contribution in [0.15, 0.2) is 24.3 Å². The summed E-state index contributed by atoms with van der Waals surface area (Å²) in [6.45, 7) is 0. The van der Waals surface area contributed by atoms with Crippen LogP contribution in [0.3, 0.4) is 0 Å². The number of benzene rings is 1. The van der Waals surface area contributed by atoms with Gasteiger partial charge in [-0.05, 0) is 24.3 Å². The number of nitrogens with zero attached hydrogens (tertiary/aromatic N) is 1. The topological polar surface area (TPSA) is 63.4 Å². The number of rotatable bonds is 4. The molecule has 1 amide bonds. The highest BCUT2D eigenvalue weighted by Crippen LogP contribution is 2.09. The van der Waals surface area contributed by atoms with Gasteiger partial charge in [-0.25, -0.2) is 0 Å². The summed E-state index contributed by atoms with van der Waals surface area (Å²) >= 11 is 0. The summed E-state index contributed by atoms with van der Waals surface area (Å²) in [5.74, 6) is -0.0704. The van der Waals surface area contributed by atoms with E-state index < -0.39 is 0 Å². The predicted octanol–water partition coefficient (Wildman–Crippen LogP) is 1.32. The Hall–Kier alpha value is -1.84. The second-order valence-corrected chi connectivity index (χ2v) is 3.83. The molecule has 1 aromatic rings. The molecule has 0 atom stereocenters. The van der Waals surface area contributed by atoms with Crippen LogP contribution in [0.4, 0.5) is 5.69 Å². The highest BCUT2D eigenvalue weighted by molar-refractivity contribution is 5.98. The third-order valence-corrected chi connectivity index (χ3v) is 2.30. The van der Waals surface area contributed by atoms with Crippen LogP contribution >= 0.6 is 0 Å². The van der Waals surface area contributed by atoms with Crippen molar-refractivity contribution >= 4 is 17.4 Å². The molecule has 1 aromatic carbocycles. The largest absolute Gasteiger partial charge is 0.399 e. The molecule has 1 rings (SSSR count). The lowest BCUT2D eigenvalue weighted by Crippen LogP contribution is -2.22. The zero-order chi connectivity index (χ0) is 12.1. The van der Waals surface area contributed by atoms with Crippen LogP contribution in [0.1, 0.15) is 23.2 Å². The number of nitrogen functional groups attached to an aromatic ring is 1. The lowest BCUT2D eigenvalue weighted by Gasteiger charge is -2.09. The van der Waals surface area contributed by atoms with Gasteiger partial charge in [-0.2, -0.15) is 0 Å². The number of Topliss-reactive ketones (excluding diaryl/α,β-unsaturated/α-hetero) is 1. The molecule has 2 N–H and O–H groups in total. The lowest BCUT2D eigenvalue weighted by molar-refractivity contribution is -0.128. The van der Waals surface area contributed by atoms with Crippen LogP contribution in [0.2, 0.25) is 0 Å². The van der Waals surface area contributed by atoms with E-state index in [1.807, 2.05) is 0 Å². The number of amides is 1. The maximum Gasteiger partial charge on any atom is 0.222 e.